The summed E-state index contributed by atoms with van der Waals surface area (Å²) in [6, 6.07) is 6.79. The van der Waals surface area contributed by atoms with Gasteiger partial charge in [0.05, 0.1) is 25.3 Å². The van der Waals surface area contributed by atoms with Crippen LogP contribution in [0, 0.1) is 11.3 Å². The number of rotatable bonds is 3. The zero-order chi connectivity index (χ0) is 12.3. The van der Waals surface area contributed by atoms with Crippen LogP contribution in [-0.2, 0) is 9.53 Å². The first-order valence-electron chi connectivity index (χ1n) is 5.15. The summed E-state index contributed by atoms with van der Waals surface area (Å²) in [5, 5.41) is 8.84. The summed E-state index contributed by atoms with van der Waals surface area (Å²) in [7, 11) is 1.50. The van der Waals surface area contributed by atoms with Crippen LogP contribution in [0.15, 0.2) is 18.2 Å². The van der Waals surface area contributed by atoms with Gasteiger partial charge in [-0.3, -0.25) is 0 Å². The quantitative estimate of drug-likeness (QED) is 0.735. The molecule has 1 atom stereocenters. The minimum Gasteiger partial charge on any atom is -0.497 e. The number of ether oxygens (including phenoxy) is 3. The monoisotopic (exact) mass is 233 g/mol. The minimum atomic E-state index is -0.589. The number of cyclic esters (lactones) is 1. The molecule has 88 valence electrons. The molecule has 1 fully saturated rings. The fourth-order valence-electron chi connectivity index (χ4n) is 1.57. The van der Waals surface area contributed by atoms with Crippen molar-refractivity contribution in [3.63, 3.8) is 0 Å². The number of nitriles is 1. The van der Waals surface area contributed by atoms with Gasteiger partial charge in [-0.2, -0.15) is 5.26 Å². The second kappa shape index (κ2) is 4.74. The van der Waals surface area contributed by atoms with Gasteiger partial charge in [0.2, 0.25) is 0 Å². The standard InChI is InChI=1S/C12H11NO4/c1-15-9-4-8(7-13)5-10(6-9)17-11-2-3-16-12(11)14/h4-6,11H,2-3H2,1H3. The normalized spacial score (nSPS) is 18.4. The van der Waals surface area contributed by atoms with E-state index in [4.69, 9.17) is 19.5 Å². The van der Waals surface area contributed by atoms with E-state index >= 15 is 0 Å². The number of methoxy groups -OCH3 is 1. The Hall–Kier alpha value is -2.22. The molecule has 1 aliphatic rings. The lowest BCUT2D eigenvalue weighted by molar-refractivity contribution is -0.143. The number of benzene rings is 1. The van der Waals surface area contributed by atoms with E-state index in [0.29, 0.717) is 30.1 Å². The summed E-state index contributed by atoms with van der Waals surface area (Å²) in [4.78, 5) is 11.2. The van der Waals surface area contributed by atoms with Gasteiger partial charge in [-0.1, -0.05) is 0 Å². The molecule has 1 saturated heterocycles. The van der Waals surface area contributed by atoms with Crippen molar-refractivity contribution < 1.29 is 19.0 Å². The van der Waals surface area contributed by atoms with Crippen LogP contribution in [0.5, 0.6) is 11.5 Å². The van der Waals surface area contributed by atoms with Gasteiger partial charge < -0.3 is 14.2 Å². The first-order chi connectivity index (χ1) is 8.22. The molecule has 1 unspecified atom stereocenters. The Morgan fingerprint density at radius 3 is 2.76 bits per heavy atom. The Morgan fingerprint density at radius 1 is 1.41 bits per heavy atom. The number of esters is 1. The Kier molecular flexibility index (Phi) is 3.15. The molecule has 0 N–H and O–H groups in total. The van der Waals surface area contributed by atoms with Crippen molar-refractivity contribution in [2.45, 2.75) is 12.5 Å². The van der Waals surface area contributed by atoms with Crippen molar-refractivity contribution in [2.24, 2.45) is 0 Å². The molecule has 1 aliphatic heterocycles. The Morgan fingerprint density at radius 2 is 2.18 bits per heavy atom. The topological polar surface area (TPSA) is 68.6 Å². The molecule has 5 nitrogen and oxygen atoms in total. The summed E-state index contributed by atoms with van der Waals surface area (Å²) in [6.07, 6.45) is -0.0635. The summed E-state index contributed by atoms with van der Waals surface area (Å²) in [5.41, 5.74) is 0.422. The van der Waals surface area contributed by atoms with E-state index in [2.05, 4.69) is 0 Å². The number of hydrogen-bond acceptors (Lipinski definition) is 5. The van der Waals surface area contributed by atoms with Crippen molar-refractivity contribution in [2.75, 3.05) is 13.7 Å². The molecule has 2 rings (SSSR count). The lowest BCUT2D eigenvalue weighted by Crippen LogP contribution is -2.21. The second-order valence-electron chi connectivity index (χ2n) is 3.57. The predicted octanol–water partition coefficient (Wildman–Crippen LogP) is 1.26. The van der Waals surface area contributed by atoms with Crippen LogP contribution in [0.4, 0.5) is 0 Å². The lowest BCUT2D eigenvalue weighted by Gasteiger charge is -2.11. The fourth-order valence-corrected chi connectivity index (χ4v) is 1.57. The molecule has 1 aromatic rings. The van der Waals surface area contributed by atoms with Crippen molar-refractivity contribution in [1.82, 2.24) is 0 Å². The molecule has 0 spiro atoms. The highest BCUT2D eigenvalue weighted by atomic mass is 16.6. The molecule has 0 amide bonds. The third-order valence-electron chi connectivity index (χ3n) is 2.41. The maximum atomic E-state index is 11.2. The number of hydrogen-bond donors (Lipinski definition) is 0. The number of nitrogens with zero attached hydrogens (tertiary/aromatic N) is 1. The number of carbonyl (C=O) groups is 1. The molecule has 1 aromatic carbocycles. The summed E-state index contributed by atoms with van der Waals surface area (Å²) < 4.78 is 15.3. The van der Waals surface area contributed by atoms with Crippen LogP contribution in [0.3, 0.4) is 0 Å². The SMILES string of the molecule is COc1cc(C#N)cc(OC2CCOC2=O)c1. The van der Waals surface area contributed by atoms with Crippen LogP contribution in [-0.4, -0.2) is 25.8 Å². The second-order valence-corrected chi connectivity index (χ2v) is 3.57. The number of carbonyl (C=O) groups excluding carboxylic acids is 1. The summed E-state index contributed by atoms with van der Waals surface area (Å²) in [5.74, 6) is 0.585. The van der Waals surface area contributed by atoms with E-state index in [-0.39, 0.29) is 5.97 Å². The molecular formula is C12H11NO4. The average molecular weight is 233 g/mol. The Bertz CT molecular complexity index is 478. The van der Waals surface area contributed by atoms with Crippen molar-refractivity contribution in [3.8, 4) is 17.6 Å². The van der Waals surface area contributed by atoms with E-state index in [1.807, 2.05) is 6.07 Å². The molecular weight excluding hydrogens is 222 g/mol. The van der Waals surface area contributed by atoms with Crippen molar-refractivity contribution in [1.29, 1.82) is 5.26 Å². The van der Waals surface area contributed by atoms with Crippen LogP contribution >= 0.6 is 0 Å². The Balaban J connectivity index is 2.20. The maximum Gasteiger partial charge on any atom is 0.347 e. The zero-order valence-corrected chi connectivity index (χ0v) is 9.30. The van der Waals surface area contributed by atoms with Gasteiger partial charge in [-0.15, -0.1) is 0 Å². The van der Waals surface area contributed by atoms with E-state index < -0.39 is 6.10 Å². The van der Waals surface area contributed by atoms with Crippen LogP contribution < -0.4 is 9.47 Å². The first kappa shape index (κ1) is 11.3. The molecule has 0 bridgehead atoms. The summed E-state index contributed by atoms with van der Waals surface area (Å²) >= 11 is 0. The minimum absolute atomic E-state index is 0.369. The highest BCUT2D eigenvalue weighted by Gasteiger charge is 2.28. The van der Waals surface area contributed by atoms with Gasteiger partial charge in [0, 0.05) is 12.5 Å². The molecule has 5 heteroatoms. The van der Waals surface area contributed by atoms with E-state index in [1.165, 1.54) is 7.11 Å². The van der Waals surface area contributed by atoms with Gasteiger partial charge in [0.1, 0.15) is 11.5 Å². The van der Waals surface area contributed by atoms with Gasteiger partial charge >= 0.3 is 5.97 Å². The molecule has 0 saturated carbocycles. The van der Waals surface area contributed by atoms with E-state index in [0.717, 1.165) is 0 Å². The third-order valence-corrected chi connectivity index (χ3v) is 2.41. The van der Waals surface area contributed by atoms with Crippen LogP contribution in [0.25, 0.3) is 0 Å². The highest BCUT2D eigenvalue weighted by Crippen LogP contribution is 2.25. The molecule has 0 radical (unpaired) electrons. The van der Waals surface area contributed by atoms with Gasteiger partial charge in [0.25, 0.3) is 0 Å². The molecule has 0 aliphatic carbocycles. The molecule has 0 aromatic heterocycles. The van der Waals surface area contributed by atoms with Crippen molar-refractivity contribution in [3.05, 3.63) is 23.8 Å². The Labute approximate surface area is 98.5 Å². The highest BCUT2D eigenvalue weighted by molar-refractivity contribution is 5.76. The smallest absolute Gasteiger partial charge is 0.347 e. The van der Waals surface area contributed by atoms with E-state index in [1.54, 1.807) is 18.2 Å². The fraction of sp³-hybridized carbons (Fsp3) is 0.333. The van der Waals surface area contributed by atoms with Crippen LogP contribution in [0.2, 0.25) is 0 Å². The first-order valence-corrected chi connectivity index (χ1v) is 5.15. The van der Waals surface area contributed by atoms with Crippen LogP contribution in [0.1, 0.15) is 12.0 Å². The maximum absolute atomic E-state index is 11.2. The zero-order valence-electron chi connectivity index (χ0n) is 9.30. The third kappa shape index (κ3) is 2.48. The largest absolute Gasteiger partial charge is 0.497 e. The lowest BCUT2D eigenvalue weighted by atomic mass is 10.2. The molecule has 1 heterocycles. The van der Waals surface area contributed by atoms with E-state index in [9.17, 15) is 4.79 Å². The van der Waals surface area contributed by atoms with Crippen molar-refractivity contribution >= 4 is 5.97 Å². The average Bonchev–Trinajstić information content (AvgIpc) is 2.74. The summed E-state index contributed by atoms with van der Waals surface area (Å²) in [6.45, 7) is 0.374. The predicted molar refractivity (Wildman–Crippen MR) is 57.7 cm³/mol. The molecule has 17 heavy (non-hydrogen) atoms. The van der Waals surface area contributed by atoms with Gasteiger partial charge in [-0.05, 0) is 12.1 Å². The van der Waals surface area contributed by atoms with Gasteiger partial charge in [-0.25, -0.2) is 4.79 Å². The van der Waals surface area contributed by atoms with Gasteiger partial charge in [0.15, 0.2) is 6.10 Å².